The molecule has 5 nitrogen and oxygen atoms in total. The lowest BCUT2D eigenvalue weighted by molar-refractivity contribution is -0.138. The van der Waals surface area contributed by atoms with Crippen molar-refractivity contribution in [3.8, 4) is 0 Å². The molecule has 0 radical (unpaired) electrons. The van der Waals surface area contributed by atoms with Crippen molar-refractivity contribution < 1.29 is 9.90 Å². The van der Waals surface area contributed by atoms with Crippen molar-refractivity contribution in [1.29, 1.82) is 0 Å². The van der Waals surface area contributed by atoms with Gasteiger partial charge in [-0.15, -0.1) is 0 Å². The van der Waals surface area contributed by atoms with E-state index in [2.05, 4.69) is 15.3 Å². The summed E-state index contributed by atoms with van der Waals surface area (Å²) < 4.78 is 0. The van der Waals surface area contributed by atoms with Crippen LogP contribution < -0.4 is 5.32 Å². The van der Waals surface area contributed by atoms with Gasteiger partial charge in [-0.05, 0) is 18.4 Å². The second kappa shape index (κ2) is 6.33. The van der Waals surface area contributed by atoms with Crippen LogP contribution in [0.3, 0.4) is 0 Å². The fraction of sp³-hybridized carbons (Fsp3) is 0.615. The second-order valence-corrected chi connectivity index (χ2v) is 5.12. The Labute approximate surface area is 108 Å². The van der Waals surface area contributed by atoms with E-state index >= 15 is 0 Å². The number of hydrogen-bond donors (Lipinski definition) is 2. The maximum Gasteiger partial charge on any atom is 0.326 e. The van der Waals surface area contributed by atoms with Gasteiger partial charge in [-0.2, -0.15) is 0 Å². The fourth-order valence-corrected chi connectivity index (χ4v) is 1.60. The Morgan fingerprint density at radius 1 is 1.39 bits per heavy atom. The van der Waals surface area contributed by atoms with Gasteiger partial charge in [0.15, 0.2) is 0 Å². The molecule has 1 atom stereocenters. The summed E-state index contributed by atoms with van der Waals surface area (Å²) >= 11 is 0. The highest BCUT2D eigenvalue weighted by Gasteiger charge is 2.19. The molecule has 1 aromatic heterocycles. The van der Waals surface area contributed by atoms with E-state index in [-0.39, 0.29) is 5.92 Å². The minimum Gasteiger partial charge on any atom is -0.480 e. The SMILES string of the molecule is CC(C)C[C@H](Nc1ccnc(C(C)C)n1)C(=O)O. The first-order valence-corrected chi connectivity index (χ1v) is 6.22. The Morgan fingerprint density at radius 3 is 2.56 bits per heavy atom. The molecule has 18 heavy (non-hydrogen) atoms. The Bertz CT molecular complexity index is 405. The zero-order valence-electron chi connectivity index (χ0n) is 11.3. The monoisotopic (exact) mass is 251 g/mol. The van der Waals surface area contributed by atoms with Gasteiger partial charge in [-0.3, -0.25) is 0 Å². The summed E-state index contributed by atoms with van der Waals surface area (Å²) in [6, 6.07) is 1.09. The van der Waals surface area contributed by atoms with Crippen molar-refractivity contribution in [1.82, 2.24) is 9.97 Å². The van der Waals surface area contributed by atoms with E-state index in [1.165, 1.54) is 0 Å². The van der Waals surface area contributed by atoms with Gasteiger partial charge in [0.2, 0.25) is 0 Å². The molecule has 0 aliphatic heterocycles. The molecular formula is C13H21N3O2. The maximum atomic E-state index is 11.2. The number of nitrogens with one attached hydrogen (secondary N) is 1. The van der Waals surface area contributed by atoms with Gasteiger partial charge in [0, 0.05) is 12.1 Å². The smallest absolute Gasteiger partial charge is 0.326 e. The van der Waals surface area contributed by atoms with E-state index in [1.807, 2.05) is 27.7 Å². The second-order valence-electron chi connectivity index (χ2n) is 5.12. The number of aliphatic carboxylic acids is 1. The standard InChI is InChI=1S/C13H21N3O2/c1-8(2)7-10(13(17)18)15-11-5-6-14-12(16-11)9(3)4/h5-6,8-10H,7H2,1-4H3,(H,17,18)(H,14,15,16)/t10-/m0/s1. The zero-order valence-corrected chi connectivity index (χ0v) is 11.3. The number of carbonyl (C=O) groups is 1. The third-order valence-corrected chi connectivity index (χ3v) is 2.52. The topological polar surface area (TPSA) is 75.1 Å². The predicted molar refractivity (Wildman–Crippen MR) is 70.6 cm³/mol. The summed E-state index contributed by atoms with van der Waals surface area (Å²) in [5.41, 5.74) is 0. The summed E-state index contributed by atoms with van der Waals surface area (Å²) in [6.07, 6.45) is 2.22. The van der Waals surface area contributed by atoms with Crippen molar-refractivity contribution in [3.63, 3.8) is 0 Å². The van der Waals surface area contributed by atoms with E-state index in [4.69, 9.17) is 5.11 Å². The highest BCUT2D eigenvalue weighted by molar-refractivity contribution is 5.76. The molecule has 0 unspecified atom stereocenters. The van der Waals surface area contributed by atoms with Crippen LogP contribution in [0.1, 0.15) is 45.9 Å². The molecule has 0 amide bonds. The number of anilines is 1. The van der Waals surface area contributed by atoms with E-state index in [0.29, 0.717) is 24.0 Å². The van der Waals surface area contributed by atoms with Crippen LogP contribution in [0, 0.1) is 5.92 Å². The van der Waals surface area contributed by atoms with E-state index < -0.39 is 12.0 Å². The van der Waals surface area contributed by atoms with Crippen molar-refractivity contribution in [2.45, 2.75) is 46.1 Å². The van der Waals surface area contributed by atoms with Crippen LogP contribution in [0.4, 0.5) is 5.82 Å². The molecule has 0 spiro atoms. The first-order chi connectivity index (χ1) is 8.40. The van der Waals surface area contributed by atoms with Gasteiger partial charge < -0.3 is 10.4 Å². The molecule has 0 aliphatic carbocycles. The zero-order chi connectivity index (χ0) is 13.7. The molecule has 0 saturated heterocycles. The summed E-state index contributed by atoms with van der Waals surface area (Å²) in [5, 5.41) is 12.1. The lowest BCUT2D eigenvalue weighted by Gasteiger charge is -2.17. The minimum atomic E-state index is -0.853. The van der Waals surface area contributed by atoms with E-state index in [0.717, 1.165) is 0 Å². The molecule has 1 heterocycles. The van der Waals surface area contributed by atoms with Gasteiger partial charge in [0.05, 0.1) is 0 Å². The van der Waals surface area contributed by atoms with Crippen LogP contribution in [-0.4, -0.2) is 27.1 Å². The molecular weight excluding hydrogens is 230 g/mol. The Hall–Kier alpha value is -1.65. The molecule has 2 N–H and O–H groups in total. The molecule has 0 bridgehead atoms. The third-order valence-electron chi connectivity index (χ3n) is 2.52. The normalized spacial score (nSPS) is 12.8. The van der Waals surface area contributed by atoms with Crippen molar-refractivity contribution in [3.05, 3.63) is 18.1 Å². The highest BCUT2D eigenvalue weighted by atomic mass is 16.4. The van der Waals surface area contributed by atoms with Crippen molar-refractivity contribution in [2.24, 2.45) is 5.92 Å². The Balaban J connectivity index is 2.80. The maximum absolute atomic E-state index is 11.2. The summed E-state index contributed by atoms with van der Waals surface area (Å²) in [6.45, 7) is 8.00. The Kier molecular flexibility index (Phi) is 5.07. The van der Waals surface area contributed by atoms with Crippen LogP contribution in [0.25, 0.3) is 0 Å². The number of nitrogens with zero attached hydrogens (tertiary/aromatic N) is 2. The predicted octanol–water partition coefficient (Wildman–Crippen LogP) is 2.51. The molecule has 5 heteroatoms. The van der Waals surface area contributed by atoms with Crippen molar-refractivity contribution in [2.75, 3.05) is 5.32 Å². The fourth-order valence-electron chi connectivity index (χ4n) is 1.60. The number of carboxylic acids is 1. The number of aromatic nitrogens is 2. The van der Waals surface area contributed by atoms with E-state index in [9.17, 15) is 4.79 Å². The molecule has 0 fully saturated rings. The minimum absolute atomic E-state index is 0.222. The average molecular weight is 251 g/mol. The van der Waals surface area contributed by atoms with Crippen LogP contribution in [0.5, 0.6) is 0 Å². The van der Waals surface area contributed by atoms with Crippen LogP contribution in [0.2, 0.25) is 0 Å². The summed E-state index contributed by atoms with van der Waals surface area (Å²) in [4.78, 5) is 19.6. The first-order valence-electron chi connectivity index (χ1n) is 6.22. The van der Waals surface area contributed by atoms with Gasteiger partial charge >= 0.3 is 5.97 Å². The number of carboxylic acid groups (broad SMARTS) is 1. The van der Waals surface area contributed by atoms with Crippen LogP contribution in [0.15, 0.2) is 12.3 Å². The van der Waals surface area contributed by atoms with E-state index in [1.54, 1.807) is 12.3 Å². The first kappa shape index (κ1) is 14.4. The number of hydrogen-bond acceptors (Lipinski definition) is 4. The van der Waals surface area contributed by atoms with Crippen LogP contribution in [-0.2, 0) is 4.79 Å². The lowest BCUT2D eigenvalue weighted by atomic mass is 10.0. The third kappa shape index (κ3) is 4.31. The molecule has 0 saturated carbocycles. The quantitative estimate of drug-likeness (QED) is 0.812. The molecule has 1 aromatic rings. The molecule has 1 rings (SSSR count). The summed E-state index contributed by atoms with van der Waals surface area (Å²) in [7, 11) is 0. The number of rotatable bonds is 6. The largest absolute Gasteiger partial charge is 0.480 e. The van der Waals surface area contributed by atoms with Gasteiger partial charge in [0.25, 0.3) is 0 Å². The highest BCUT2D eigenvalue weighted by Crippen LogP contribution is 2.14. The summed E-state index contributed by atoms with van der Waals surface area (Å²) in [5.74, 6) is 0.967. The van der Waals surface area contributed by atoms with Gasteiger partial charge in [0.1, 0.15) is 17.7 Å². The molecule has 100 valence electrons. The van der Waals surface area contributed by atoms with Crippen LogP contribution >= 0.6 is 0 Å². The molecule has 0 aromatic carbocycles. The van der Waals surface area contributed by atoms with Crippen molar-refractivity contribution >= 4 is 11.8 Å². The van der Waals surface area contributed by atoms with Gasteiger partial charge in [-0.25, -0.2) is 14.8 Å². The average Bonchev–Trinajstić information content (AvgIpc) is 2.27. The van der Waals surface area contributed by atoms with Gasteiger partial charge in [-0.1, -0.05) is 27.7 Å². The Morgan fingerprint density at radius 2 is 2.06 bits per heavy atom. The molecule has 0 aliphatic rings. The lowest BCUT2D eigenvalue weighted by Crippen LogP contribution is -2.31.